The van der Waals surface area contributed by atoms with Gasteiger partial charge in [0.25, 0.3) is 0 Å². The molecule has 15 heavy (non-hydrogen) atoms. The molecule has 0 aliphatic carbocycles. The Balaban J connectivity index is 2.44. The fourth-order valence-electron chi connectivity index (χ4n) is 1.41. The summed E-state index contributed by atoms with van der Waals surface area (Å²) in [6.07, 6.45) is 0. The van der Waals surface area contributed by atoms with E-state index in [-0.39, 0.29) is 6.61 Å². The molecule has 0 saturated heterocycles. The molecule has 0 unspecified atom stereocenters. The molecule has 0 radical (unpaired) electrons. The molecule has 1 aromatic heterocycles. The molecule has 2 rings (SSSR count). The van der Waals surface area contributed by atoms with Gasteiger partial charge in [0.2, 0.25) is 0 Å². The third kappa shape index (κ3) is 2.27. The van der Waals surface area contributed by atoms with Gasteiger partial charge in [0, 0.05) is 16.1 Å². The Bertz CT molecular complexity index is 459. The lowest BCUT2D eigenvalue weighted by atomic mass is 10.1. The Morgan fingerprint density at radius 1 is 1.33 bits per heavy atom. The van der Waals surface area contributed by atoms with Crippen molar-refractivity contribution in [1.29, 1.82) is 0 Å². The quantitative estimate of drug-likeness (QED) is 0.910. The van der Waals surface area contributed by atoms with E-state index in [1.807, 2.05) is 25.1 Å². The highest BCUT2D eigenvalue weighted by Gasteiger charge is 2.06. The lowest BCUT2D eigenvalue weighted by molar-refractivity contribution is 0.229. The largest absolute Gasteiger partial charge is 0.388 e. The first-order valence-electron chi connectivity index (χ1n) is 4.53. The summed E-state index contributed by atoms with van der Waals surface area (Å²) in [7, 11) is 0. The van der Waals surface area contributed by atoms with Crippen LogP contribution in [0, 0.1) is 6.92 Å². The van der Waals surface area contributed by atoms with Gasteiger partial charge in [0.05, 0.1) is 0 Å². The molecular weight excluding hydrogens is 258 g/mol. The van der Waals surface area contributed by atoms with Crippen LogP contribution in [-0.4, -0.2) is 10.3 Å². The number of aliphatic hydroxyl groups excluding tert-OH is 1. The van der Waals surface area contributed by atoms with Crippen LogP contribution in [0.3, 0.4) is 0 Å². The third-order valence-corrected chi connectivity index (χ3v) is 2.51. The van der Waals surface area contributed by atoms with Crippen molar-refractivity contribution in [3.8, 4) is 11.3 Å². The lowest BCUT2D eigenvalue weighted by Crippen LogP contribution is -1.80. The van der Waals surface area contributed by atoms with E-state index in [1.54, 1.807) is 6.07 Å². The Morgan fingerprint density at radius 3 is 2.73 bits per heavy atom. The summed E-state index contributed by atoms with van der Waals surface area (Å²) in [6, 6.07) is 7.74. The minimum Gasteiger partial charge on any atom is -0.388 e. The number of hydrogen-bond donors (Lipinski definition) is 1. The first-order chi connectivity index (χ1) is 7.19. The molecule has 0 fully saturated rings. The molecule has 0 spiro atoms. The van der Waals surface area contributed by atoms with E-state index in [0.717, 1.165) is 21.3 Å². The van der Waals surface area contributed by atoms with Gasteiger partial charge < -0.3 is 9.63 Å². The van der Waals surface area contributed by atoms with Crippen LogP contribution in [0.5, 0.6) is 0 Å². The van der Waals surface area contributed by atoms with Gasteiger partial charge in [-0.1, -0.05) is 21.1 Å². The smallest absolute Gasteiger partial charge is 0.162 e. The second kappa shape index (κ2) is 4.16. The fourth-order valence-corrected chi connectivity index (χ4v) is 2.02. The van der Waals surface area contributed by atoms with E-state index in [9.17, 15) is 0 Å². The van der Waals surface area contributed by atoms with Crippen molar-refractivity contribution in [3.63, 3.8) is 0 Å². The standard InChI is InChI=1S/C11H10BrNO2/c1-7-2-8(4-9(12)3-7)11-5-10(6-14)15-13-11/h2-5,14H,6H2,1H3. The SMILES string of the molecule is Cc1cc(Br)cc(-c2cc(CO)on2)c1. The number of aromatic nitrogens is 1. The summed E-state index contributed by atoms with van der Waals surface area (Å²) in [5.41, 5.74) is 2.86. The number of benzene rings is 1. The molecule has 1 aromatic carbocycles. The maximum absolute atomic E-state index is 8.86. The van der Waals surface area contributed by atoms with Gasteiger partial charge in [-0.25, -0.2) is 0 Å². The Morgan fingerprint density at radius 2 is 2.13 bits per heavy atom. The summed E-state index contributed by atoms with van der Waals surface area (Å²) >= 11 is 3.43. The minimum absolute atomic E-state index is 0.125. The molecule has 1 N–H and O–H groups in total. The van der Waals surface area contributed by atoms with Crippen molar-refractivity contribution >= 4 is 15.9 Å². The summed E-state index contributed by atoms with van der Waals surface area (Å²) in [5, 5.41) is 12.7. The van der Waals surface area contributed by atoms with Gasteiger partial charge in [-0.2, -0.15) is 0 Å². The molecule has 0 saturated carbocycles. The number of rotatable bonds is 2. The Kier molecular flexibility index (Phi) is 2.88. The second-order valence-corrected chi connectivity index (χ2v) is 4.27. The predicted molar refractivity (Wildman–Crippen MR) is 60.3 cm³/mol. The molecule has 0 amide bonds. The van der Waals surface area contributed by atoms with Gasteiger partial charge in [-0.15, -0.1) is 0 Å². The summed E-state index contributed by atoms with van der Waals surface area (Å²) in [5.74, 6) is 0.475. The van der Waals surface area contributed by atoms with Crippen molar-refractivity contribution in [2.24, 2.45) is 0 Å². The van der Waals surface area contributed by atoms with Crippen molar-refractivity contribution in [1.82, 2.24) is 5.16 Å². The molecule has 0 aliphatic heterocycles. The zero-order valence-corrected chi connectivity index (χ0v) is 9.78. The van der Waals surface area contributed by atoms with Crippen molar-refractivity contribution in [2.75, 3.05) is 0 Å². The van der Waals surface area contributed by atoms with Crippen LogP contribution in [0.25, 0.3) is 11.3 Å². The molecule has 0 bridgehead atoms. The van der Waals surface area contributed by atoms with E-state index in [1.165, 1.54) is 0 Å². The zero-order chi connectivity index (χ0) is 10.8. The molecule has 0 aliphatic rings. The number of aliphatic hydroxyl groups is 1. The number of hydrogen-bond acceptors (Lipinski definition) is 3. The highest BCUT2D eigenvalue weighted by molar-refractivity contribution is 9.10. The molecule has 0 atom stereocenters. The number of nitrogens with zero attached hydrogens (tertiary/aromatic N) is 1. The molecule has 2 aromatic rings. The molecule has 4 heteroatoms. The number of aryl methyl sites for hydroxylation is 1. The van der Waals surface area contributed by atoms with E-state index in [2.05, 4.69) is 21.1 Å². The summed E-state index contributed by atoms with van der Waals surface area (Å²) < 4.78 is 5.94. The average molecular weight is 268 g/mol. The highest BCUT2D eigenvalue weighted by atomic mass is 79.9. The van der Waals surface area contributed by atoms with Crippen LogP contribution >= 0.6 is 15.9 Å². The molecule has 3 nitrogen and oxygen atoms in total. The predicted octanol–water partition coefficient (Wildman–Crippen LogP) is 2.90. The van der Waals surface area contributed by atoms with E-state index in [4.69, 9.17) is 9.63 Å². The topological polar surface area (TPSA) is 46.3 Å². The summed E-state index contributed by atoms with van der Waals surface area (Å²) in [6.45, 7) is 1.89. The van der Waals surface area contributed by atoms with E-state index >= 15 is 0 Å². The minimum atomic E-state index is -0.125. The van der Waals surface area contributed by atoms with Gasteiger partial charge in [-0.05, 0) is 30.7 Å². The molecule has 78 valence electrons. The lowest BCUT2D eigenvalue weighted by Gasteiger charge is -1.99. The first-order valence-corrected chi connectivity index (χ1v) is 5.32. The van der Waals surface area contributed by atoms with Crippen LogP contribution in [0.1, 0.15) is 11.3 Å². The van der Waals surface area contributed by atoms with Crippen LogP contribution < -0.4 is 0 Å². The van der Waals surface area contributed by atoms with E-state index in [0.29, 0.717) is 5.76 Å². The van der Waals surface area contributed by atoms with Crippen LogP contribution in [-0.2, 0) is 6.61 Å². The Hall–Kier alpha value is -1.13. The maximum Gasteiger partial charge on any atom is 0.162 e. The second-order valence-electron chi connectivity index (χ2n) is 3.35. The van der Waals surface area contributed by atoms with Gasteiger partial charge in [0.1, 0.15) is 12.3 Å². The number of halogens is 1. The first kappa shape index (κ1) is 10.4. The summed E-state index contributed by atoms with van der Waals surface area (Å²) in [4.78, 5) is 0. The van der Waals surface area contributed by atoms with Crippen LogP contribution in [0.4, 0.5) is 0 Å². The zero-order valence-electron chi connectivity index (χ0n) is 8.20. The van der Waals surface area contributed by atoms with E-state index < -0.39 is 0 Å². The normalized spacial score (nSPS) is 10.6. The van der Waals surface area contributed by atoms with Crippen molar-refractivity contribution in [2.45, 2.75) is 13.5 Å². The molecular formula is C11H10BrNO2. The molecule has 1 heterocycles. The third-order valence-electron chi connectivity index (χ3n) is 2.05. The maximum atomic E-state index is 8.86. The van der Waals surface area contributed by atoms with Gasteiger partial charge in [-0.3, -0.25) is 0 Å². The Labute approximate surface area is 95.8 Å². The fraction of sp³-hybridized carbons (Fsp3) is 0.182. The van der Waals surface area contributed by atoms with Crippen LogP contribution in [0.15, 0.2) is 33.3 Å². The monoisotopic (exact) mass is 267 g/mol. The van der Waals surface area contributed by atoms with Crippen molar-refractivity contribution < 1.29 is 9.63 Å². The van der Waals surface area contributed by atoms with Gasteiger partial charge >= 0.3 is 0 Å². The van der Waals surface area contributed by atoms with Gasteiger partial charge in [0.15, 0.2) is 5.76 Å². The van der Waals surface area contributed by atoms with Crippen LogP contribution in [0.2, 0.25) is 0 Å². The average Bonchev–Trinajstić information content (AvgIpc) is 2.64. The highest BCUT2D eigenvalue weighted by Crippen LogP contribution is 2.24. The van der Waals surface area contributed by atoms with Crippen molar-refractivity contribution in [3.05, 3.63) is 40.1 Å².